The zero-order valence-electron chi connectivity index (χ0n) is 9.43. The van der Waals surface area contributed by atoms with Crippen LogP contribution in [0, 0.1) is 0 Å². The third-order valence-electron chi connectivity index (χ3n) is 3.56. The Labute approximate surface area is 92.0 Å². The molecule has 15 heavy (non-hydrogen) atoms. The Kier molecular flexibility index (Phi) is 4.01. The zero-order valence-corrected chi connectivity index (χ0v) is 9.43. The Balaban J connectivity index is 1.78. The lowest BCUT2D eigenvalue weighted by atomic mass is 9.94. The number of carbonyl (C=O) groups is 1. The summed E-state index contributed by atoms with van der Waals surface area (Å²) in [7, 11) is 0. The highest BCUT2D eigenvalue weighted by Gasteiger charge is 2.21. The van der Waals surface area contributed by atoms with Gasteiger partial charge in [0.1, 0.15) is 0 Å². The molecular formula is C12H22N2O. The van der Waals surface area contributed by atoms with E-state index in [1.165, 1.54) is 32.1 Å². The SMILES string of the molecule is O=C1CC(NC2CCCCC2)CCCN1. The Morgan fingerprint density at radius 1 is 1.00 bits per heavy atom. The summed E-state index contributed by atoms with van der Waals surface area (Å²) in [6, 6.07) is 1.10. The largest absolute Gasteiger partial charge is 0.356 e. The molecule has 0 bridgehead atoms. The molecule has 3 heteroatoms. The van der Waals surface area contributed by atoms with Crippen molar-refractivity contribution < 1.29 is 4.79 Å². The summed E-state index contributed by atoms with van der Waals surface area (Å²) >= 11 is 0. The predicted molar refractivity (Wildman–Crippen MR) is 60.7 cm³/mol. The average molecular weight is 210 g/mol. The number of rotatable bonds is 2. The van der Waals surface area contributed by atoms with E-state index in [0.717, 1.165) is 19.4 Å². The third-order valence-corrected chi connectivity index (χ3v) is 3.56. The number of amides is 1. The molecule has 1 unspecified atom stereocenters. The topological polar surface area (TPSA) is 41.1 Å². The smallest absolute Gasteiger partial charge is 0.221 e. The van der Waals surface area contributed by atoms with Crippen molar-refractivity contribution in [2.45, 2.75) is 63.5 Å². The molecule has 86 valence electrons. The van der Waals surface area contributed by atoms with E-state index in [9.17, 15) is 4.79 Å². The molecule has 2 rings (SSSR count). The van der Waals surface area contributed by atoms with E-state index in [-0.39, 0.29) is 5.91 Å². The number of hydrogen-bond donors (Lipinski definition) is 2. The summed E-state index contributed by atoms with van der Waals surface area (Å²) in [4.78, 5) is 11.4. The molecule has 1 saturated heterocycles. The lowest BCUT2D eigenvalue weighted by Crippen LogP contribution is -2.40. The standard InChI is InChI=1S/C12H22N2O/c15-12-9-11(7-4-8-13-12)14-10-5-2-1-3-6-10/h10-11,14H,1-9H2,(H,13,15). The van der Waals surface area contributed by atoms with E-state index in [1.807, 2.05) is 0 Å². The maximum Gasteiger partial charge on any atom is 0.221 e. The Morgan fingerprint density at radius 3 is 2.53 bits per heavy atom. The van der Waals surface area contributed by atoms with Crippen molar-refractivity contribution in [1.82, 2.24) is 10.6 Å². The molecule has 0 radical (unpaired) electrons. The molecule has 1 atom stereocenters. The molecule has 1 amide bonds. The minimum atomic E-state index is 0.223. The van der Waals surface area contributed by atoms with Crippen LogP contribution in [-0.2, 0) is 4.79 Å². The Bertz CT molecular complexity index is 212. The fourth-order valence-corrected chi connectivity index (χ4v) is 2.72. The maximum absolute atomic E-state index is 11.4. The predicted octanol–water partition coefficient (Wildman–Crippen LogP) is 1.58. The molecule has 1 aliphatic carbocycles. The van der Waals surface area contributed by atoms with Crippen molar-refractivity contribution in [2.24, 2.45) is 0 Å². The fourth-order valence-electron chi connectivity index (χ4n) is 2.72. The highest BCUT2D eigenvalue weighted by molar-refractivity contribution is 5.76. The van der Waals surface area contributed by atoms with Crippen LogP contribution in [0.5, 0.6) is 0 Å². The third kappa shape index (κ3) is 3.49. The van der Waals surface area contributed by atoms with Gasteiger partial charge in [-0.15, -0.1) is 0 Å². The van der Waals surface area contributed by atoms with Gasteiger partial charge < -0.3 is 10.6 Å². The van der Waals surface area contributed by atoms with Gasteiger partial charge in [0, 0.05) is 25.0 Å². The van der Waals surface area contributed by atoms with Crippen molar-refractivity contribution in [2.75, 3.05) is 6.54 Å². The molecule has 0 aromatic heterocycles. The molecule has 2 aliphatic rings. The van der Waals surface area contributed by atoms with Gasteiger partial charge in [-0.25, -0.2) is 0 Å². The molecule has 2 fully saturated rings. The summed E-state index contributed by atoms with van der Waals surface area (Å²) in [5.74, 6) is 0.223. The van der Waals surface area contributed by atoms with Crippen LogP contribution in [0.3, 0.4) is 0 Å². The van der Waals surface area contributed by atoms with Gasteiger partial charge in [-0.3, -0.25) is 4.79 Å². The van der Waals surface area contributed by atoms with Crippen molar-refractivity contribution in [3.8, 4) is 0 Å². The first kappa shape index (κ1) is 10.9. The minimum Gasteiger partial charge on any atom is -0.356 e. The highest BCUT2D eigenvalue weighted by atomic mass is 16.1. The average Bonchev–Trinajstić information content (AvgIpc) is 2.44. The number of carbonyl (C=O) groups excluding carboxylic acids is 1. The fraction of sp³-hybridized carbons (Fsp3) is 0.917. The molecular weight excluding hydrogens is 188 g/mol. The van der Waals surface area contributed by atoms with Crippen molar-refractivity contribution in [3.05, 3.63) is 0 Å². The van der Waals surface area contributed by atoms with Gasteiger partial charge in [0.2, 0.25) is 5.91 Å². The van der Waals surface area contributed by atoms with E-state index in [4.69, 9.17) is 0 Å². The minimum absolute atomic E-state index is 0.223. The van der Waals surface area contributed by atoms with Gasteiger partial charge in [-0.05, 0) is 25.7 Å². The van der Waals surface area contributed by atoms with Crippen LogP contribution in [0.2, 0.25) is 0 Å². The number of nitrogens with one attached hydrogen (secondary N) is 2. The highest BCUT2D eigenvalue weighted by Crippen LogP contribution is 2.19. The molecule has 0 spiro atoms. The van der Waals surface area contributed by atoms with Crippen molar-refractivity contribution in [1.29, 1.82) is 0 Å². The first-order valence-electron chi connectivity index (χ1n) is 6.37. The van der Waals surface area contributed by atoms with Crippen LogP contribution in [0.4, 0.5) is 0 Å². The van der Waals surface area contributed by atoms with E-state index in [0.29, 0.717) is 18.5 Å². The van der Waals surface area contributed by atoms with Crippen LogP contribution < -0.4 is 10.6 Å². The van der Waals surface area contributed by atoms with Gasteiger partial charge in [0.15, 0.2) is 0 Å². The molecule has 3 nitrogen and oxygen atoms in total. The van der Waals surface area contributed by atoms with Crippen LogP contribution >= 0.6 is 0 Å². The van der Waals surface area contributed by atoms with Gasteiger partial charge >= 0.3 is 0 Å². The Morgan fingerprint density at radius 2 is 1.73 bits per heavy atom. The zero-order chi connectivity index (χ0) is 10.5. The molecule has 0 aromatic rings. The second-order valence-corrected chi connectivity index (χ2v) is 4.89. The van der Waals surface area contributed by atoms with E-state index < -0.39 is 0 Å². The van der Waals surface area contributed by atoms with Gasteiger partial charge in [0.05, 0.1) is 0 Å². The maximum atomic E-state index is 11.4. The second-order valence-electron chi connectivity index (χ2n) is 4.89. The van der Waals surface area contributed by atoms with Crippen LogP contribution in [0.1, 0.15) is 51.4 Å². The van der Waals surface area contributed by atoms with Crippen LogP contribution in [-0.4, -0.2) is 24.5 Å². The van der Waals surface area contributed by atoms with E-state index >= 15 is 0 Å². The monoisotopic (exact) mass is 210 g/mol. The molecule has 2 N–H and O–H groups in total. The summed E-state index contributed by atoms with van der Waals surface area (Å²) in [6.07, 6.45) is 9.66. The van der Waals surface area contributed by atoms with E-state index in [1.54, 1.807) is 0 Å². The summed E-state index contributed by atoms with van der Waals surface area (Å²) < 4.78 is 0. The Hall–Kier alpha value is -0.570. The number of hydrogen-bond acceptors (Lipinski definition) is 2. The normalized spacial score (nSPS) is 29.6. The van der Waals surface area contributed by atoms with Crippen molar-refractivity contribution >= 4 is 5.91 Å². The first-order valence-corrected chi connectivity index (χ1v) is 6.37. The van der Waals surface area contributed by atoms with Gasteiger partial charge in [0.25, 0.3) is 0 Å². The summed E-state index contributed by atoms with van der Waals surface area (Å²) in [5, 5.41) is 6.60. The van der Waals surface area contributed by atoms with E-state index in [2.05, 4.69) is 10.6 Å². The molecule has 1 heterocycles. The van der Waals surface area contributed by atoms with Gasteiger partial charge in [-0.1, -0.05) is 19.3 Å². The summed E-state index contributed by atoms with van der Waals surface area (Å²) in [5.41, 5.74) is 0. The lowest BCUT2D eigenvalue weighted by molar-refractivity contribution is -0.121. The first-order chi connectivity index (χ1) is 7.34. The lowest BCUT2D eigenvalue weighted by Gasteiger charge is -2.27. The molecule has 1 saturated carbocycles. The van der Waals surface area contributed by atoms with Crippen LogP contribution in [0.25, 0.3) is 0 Å². The summed E-state index contributed by atoms with van der Waals surface area (Å²) in [6.45, 7) is 0.863. The molecule has 1 aliphatic heterocycles. The van der Waals surface area contributed by atoms with Crippen LogP contribution in [0.15, 0.2) is 0 Å². The van der Waals surface area contributed by atoms with Crippen molar-refractivity contribution in [3.63, 3.8) is 0 Å². The van der Waals surface area contributed by atoms with Gasteiger partial charge in [-0.2, -0.15) is 0 Å². The molecule has 0 aromatic carbocycles. The second kappa shape index (κ2) is 5.50. The quantitative estimate of drug-likeness (QED) is 0.726.